The Hall–Kier alpha value is -0.650. The van der Waals surface area contributed by atoms with Gasteiger partial charge in [0, 0.05) is 19.3 Å². The van der Waals surface area contributed by atoms with Gasteiger partial charge in [0.2, 0.25) is 0 Å². The molecule has 118 valence electrons. The quantitative estimate of drug-likeness (QED) is 0.755. The zero-order chi connectivity index (χ0) is 14.7. The van der Waals surface area contributed by atoms with Gasteiger partial charge < -0.3 is 14.9 Å². The van der Waals surface area contributed by atoms with Crippen molar-refractivity contribution in [3.8, 4) is 0 Å². The van der Waals surface area contributed by atoms with E-state index < -0.39 is 16.8 Å². The third kappa shape index (κ3) is 2.49. The lowest BCUT2D eigenvalue weighted by Crippen LogP contribution is -2.67. The maximum absolute atomic E-state index is 12.3. The molecule has 0 aromatic carbocycles. The summed E-state index contributed by atoms with van der Waals surface area (Å²) in [6.07, 6.45) is 6.07. The van der Waals surface area contributed by atoms with Crippen LogP contribution in [0.1, 0.15) is 51.4 Å². The molecule has 5 aliphatic rings. The van der Waals surface area contributed by atoms with Crippen molar-refractivity contribution in [2.24, 2.45) is 5.92 Å². The first-order valence-electron chi connectivity index (χ1n) is 8.27. The Labute approximate surface area is 125 Å². The summed E-state index contributed by atoms with van der Waals surface area (Å²) in [6, 6.07) is 0. The van der Waals surface area contributed by atoms with Gasteiger partial charge in [-0.3, -0.25) is 9.69 Å². The molecule has 1 saturated heterocycles. The van der Waals surface area contributed by atoms with Gasteiger partial charge in [-0.2, -0.15) is 0 Å². The highest BCUT2D eigenvalue weighted by Gasteiger charge is 2.64. The van der Waals surface area contributed by atoms with E-state index in [1.807, 2.05) is 0 Å². The van der Waals surface area contributed by atoms with Gasteiger partial charge in [0.15, 0.2) is 0 Å². The molecule has 2 unspecified atom stereocenters. The number of ether oxygens (including phenoxy) is 1. The zero-order valence-corrected chi connectivity index (χ0v) is 12.5. The van der Waals surface area contributed by atoms with Crippen LogP contribution in [0.4, 0.5) is 0 Å². The second-order valence-corrected chi connectivity index (χ2v) is 8.10. The minimum absolute atomic E-state index is 0.189. The van der Waals surface area contributed by atoms with Crippen LogP contribution in [0.5, 0.6) is 0 Å². The van der Waals surface area contributed by atoms with Crippen LogP contribution in [0.2, 0.25) is 0 Å². The first-order valence-corrected chi connectivity index (χ1v) is 8.27. The SMILES string of the molecule is O=C(CN1CCCC1)OC12CC3CC(O)(CC(O)(C3)C1)C2. The number of carbonyl (C=O) groups is 1. The Balaban J connectivity index is 1.47. The molecule has 5 heteroatoms. The fourth-order valence-electron chi connectivity index (χ4n) is 5.76. The average Bonchev–Trinajstić information content (AvgIpc) is 2.74. The molecular weight excluding hydrogens is 270 g/mol. The van der Waals surface area contributed by atoms with Crippen molar-refractivity contribution >= 4 is 5.97 Å². The molecule has 21 heavy (non-hydrogen) atoms. The van der Waals surface area contributed by atoms with Gasteiger partial charge in [0.05, 0.1) is 17.7 Å². The smallest absolute Gasteiger partial charge is 0.320 e. The summed E-state index contributed by atoms with van der Waals surface area (Å²) >= 11 is 0. The molecule has 0 spiro atoms. The molecular formula is C16H25NO4. The molecule has 4 saturated carbocycles. The molecule has 1 aliphatic heterocycles. The van der Waals surface area contributed by atoms with Gasteiger partial charge in [-0.05, 0) is 51.1 Å². The first kappa shape index (κ1) is 14.0. The molecule has 1 heterocycles. The largest absolute Gasteiger partial charge is 0.458 e. The number of hydrogen-bond donors (Lipinski definition) is 2. The van der Waals surface area contributed by atoms with E-state index >= 15 is 0 Å². The van der Waals surface area contributed by atoms with E-state index in [2.05, 4.69) is 4.90 Å². The number of hydrogen-bond acceptors (Lipinski definition) is 5. The first-order chi connectivity index (χ1) is 9.88. The lowest BCUT2D eigenvalue weighted by atomic mass is 9.50. The van der Waals surface area contributed by atoms with E-state index in [9.17, 15) is 15.0 Å². The summed E-state index contributed by atoms with van der Waals surface area (Å²) in [7, 11) is 0. The van der Waals surface area contributed by atoms with Gasteiger partial charge in [0.1, 0.15) is 5.60 Å². The van der Waals surface area contributed by atoms with Crippen LogP contribution in [0.25, 0.3) is 0 Å². The Kier molecular flexibility index (Phi) is 2.95. The molecule has 2 atom stereocenters. The lowest BCUT2D eigenvalue weighted by molar-refractivity contribution is -0.261. The highest BCUT2D eigenvalue weighted by atomic mass is 16.6. The summed E-state index contributed by atoms with van der Waals surface area (Å²) in [5.41, 5.74) is -2.29. The third-order valence-electron chi connectivity index (χ3n) is 5.84. The number of rotatable bonds is 3. The fourth-order valence-corrected chi connectivity index (χ4v) is 5.76. The lowest BCUT2D eigenvalue weighted by Gasteiger charge is -2.62. The Morgan fingerprint density at radius 2 is 1.67 bits per heavy atom. The molecule has 4 bridgehead atoms. The maximum Gasteiger partial charge on any atom is 0.320 e. The maximum atomic E-state index is 12.3. The molecule has 5 fully saturated rings. The van der Waals surface area contributed by atoms with Gasteiger partial charge in [-0.25, -0.2) is 0 Å². The van der Waals surface area contributed by atoms with E-state index in [1.165, 1.54) is 0 Å². The van der Waals surface area contributed by atoms with Crippen LogP contribution in [0.15, 0.2) is 0 Å². The molecule has 5 nitrogen and oxygen atoms in total. The van der Waals surface area contributed by atoms with E-state index in [0.29, 0.717) is 25.8 Å². The number of nitrogens with zero attached hydrogens (tertiary/aromatic N) is 1. The van der Waals surface area contributed by atoms with Crippen molar-refractivity contribution in [1.29, 1.82) is 0 Å². The van der Waals surface area contributed by atoms with Crippen LogP contribution >= 0.6 is 0 Å². The molecule has 0 aromatic rings. The minimum atomic E-state index is -0.831. The van der Waals surface area contributed by atoms with Crippen molar-refractivity contribution in [2.45, 2.75) is 68.2 Å². The van der Waals surface area contributed by atoms with Crippen molar-refractivity contribution < 1.29 is 19.7 Å². The summed E-state index contributed by atoms with van der Waals surface area (Å²) in [5.74, 6) is 0.0990. The second-order valence-electron chi connectivity index (χ2n) is 8.10. The van der Waals surface area contributed by atoms with Crippen molar-refractivity contribution in [2.75, 3.05) is 19.6 Å². The summed E-state index contributed by atoms with van der Waals surface area (Å²) in [5, 5.41) is 21.3. The summed E-state index contributed by atoms with van der Waals surface area (Å²) < 4.78 is 5.84. The predicted molar refractivity (Wildman–Crippen MR) is 75.6 cm³/mol. The number of carbonyl (C=O) groups excluding carboxylic acids is 1. The molecule has 4 aliphatic carbocycles. The van der Waals surface area contributed by atoms with E-state index in [0.717, 1.165) is 45.2 Å². The molecule has 0 amide bonds. The van der Waals surface area contributed by atoms with Crippen LogP contribution in [-0.2, 0) is 9.53 Å². The molecule has 2 N–H and O–H groups in total. The standard InChI is InChI=1S/C16H25NO4/c18-13(8-17-3-1-2-4-17)21-16-7-12-5-14(19,10-16)9-15(20,6-12)11-16/h12,19-20H,1-11H2. The summed E-state index contributed by atoms with van der Waals surface area (Å²) in [4.78, 5) is 14.4. The monoisotopic (exact) mass is 295 g/mol. The van der Waals surface area contributed by atoms with Crippen molar-refractivity contribution in [3.05, 3.63) is 0 Å². The fraction of sp³-hybridized carbons (Fsp3) is 0.938. The van der Waals surface area contributed by atoms with Crippen LogP contribution in [0, 0.1) is 5.92 Å². The molecule has 5 rings (SSSR count). The van der Waals surface area contributed by atoms with Gasteiger partial charge in [0.25, 0.3) is 0 Å². The number of esters is 1. The Morgan fingerprint density at radius 1 is 1.05 bits per heavy atom. The minimum Gasteiger partial charge on any atom is -0.458 e. The summed E-state index contributed by atoms with van der Waals surface area (Å²) in [6.45, 7) is 2.29. The molecule has 0 radical (unpaired) electrons. The van der Waals surface area contributed by atoms with Crippen molar-refractivity contribution in [3.63, 3.8) is 0 Å². The average molecular weight is 295 g/mol. The van der Waals surface area contributed by atoms with E-state index in [-0.39, 0.29) is 11.9 Å². The normalized spacial score (nSPS) is 48.8. The van der Waals surface area contributed by atoms with E-state index in [4.69, 9.17) is 4.74 Å². The predicted octanol–water partition coefficient (Wildman–Crippen LogP) is 0.824. The van der Waals surface area contributed by atoms with Gasteiger partial charge in [-0.1, -0.05) is 0 Å². The topological polar surface area (TPSA) is 70.0 Å². The van der Waals surface area contributed by atoms with Gasteiger partial charge in [-0.15, -0.1) is 0 Å². The van der Waals surface area contributed by atoms with Crippen LogP contribution in [-0.4, -0.2) is 57.5 Å². The van der Waals surface area contributed by atoms with Crippen LogP contribution in [0.3, 0.4) is 0 Å². The zero-order valence-electron chi connectivity index (χ0n) is 12.5. The van der Waals surface area contributed by atoms with Crippen molar-refractivity contribution in [1.82, 2.24) is 4.90 Å². The van der Waals surface area contributed by atoms with Crippen LogP contribution < -0.4 is 0 Å². The number of aliphatic hydroxyl groups is 2. The molecule has 0 aromatic heterocycles. The Bertz CT molecular complexity index is 441. The highest BCUT2D eigenvalue weighted by Crippen LogP contribution is 2.60. The number of likely N-dealkylation sites (tertiary alicyclic amines) is 1. The van der Waals surface area contributed by atoms with Gasteiger partial charge >= 0.3 is 5.97 Å². The Morgan fingerprint density at radius 3 is 2.24 bits per heavy atom. The van der Waals surface area contributed by atoms with E-state index in [1.54, 1.807) is 0 Å². The highest BCUT2D eigenvalue weighted by molar-refractivity contribution is 5.72. The third-order valence-corrected chi connectivity index (χ3v) is 5.84. The second kappa shape index (κ2) is 4.43.